The summed E-state index contributed by atoms with van der Waals surface area (Å²) in [5.41, 5.74) is 5.83. The van der Waals surface area contributed by atoms with Crippen LogP contribution < -0.4 is 15.8 Å². The molecule has 0 fully saturated rings. The summed E-state index contributed by atoms with van der Waals surface area (Å²) in [5, 5.41) is 2.06. The van der Waals surface area contributed by atoms with E-state index in [1.54, 1.807) is 18.2 Å². The van der Waals surface area contributed by atoms with Crippen LogP contribution >= 0.6 is 0 Å². The van der Waals surface area contributed by atoms with Gasteiger partial charge in [-0.15, -0.1) is 0 Å². The average Bonchev–Trinajstić information content (AvgIpc) is 2.34. The standard InChI is InChI=1S/C12H16F2N2O2/c1-9-3-2-4-10(5-9)18-6-11(17)16-8-12(13,14)7-15/h2-5H,6-8,15H2,1H3,(H,16,17). The molecule has 0 heterocycles. The highest BCUT2D eigenvalue weighted by molar-refractivity contribution is 5.77. The van der Waals surface area contributed by atoms with E-state index in [1.807, 2.05) is 13.0 Å². The van der Waals surface area contributed by atoms with Crippen LogP contribution in [0.15, 0.2) is 24.3 Å². The summed E-state index contributed by atoms with van der Waals surface area (Å²) in [6, 6.07) is 7.11. The van der Waals surface area contributed by atoms with Gasteiger partial charge in [-0.1, -0.05) is 12.1 Å². The zero-order chi connectivity index (χ0) is 13.6. The highest BCUT2D eigenvalue weighted by atomic mass is 19.3. The molecule has 3 N–H and O–H groups in total. The molecule has 0 aliphatic rings. The first-order valence-electron chi connectivity index (χ1n) is 5.47. The Kier molecular flexibility index (Phi) is 5.03. The van der Waals surface area contributed by atoms with Gasteiger partial charge in [0, 0.05) is 0 Å². The molecule has 0 bridgehead atoms. The van der Waals surface area contributed by atoms with Gasteiger partial charge in [0.25, 0.3) is 11.8 Å². The van der Waals surface area contributed by atoms with E-state index in [0.29, 0.717) is 5.75 Å². The number of aryl methyl sites for hydroxylation is 1. The number of hydrogen-bond donors (Lipinski definition) is 2. The summed E-state index contributed by atoms with van der Waals surface area (Å²) in [6.07, 6.45) is 0. The highest BCUT2D eigenvalue weighted by Crippen LogP contribution is 2.12. The number of carbonyl (C=O) groups excluding carboxylic acids is 1. The molecule has 1 aromatic carbocycles. The van der Waals surface area contributed by atoms with Gasteiger partial charge in [0.15, 0.2) is 6.61 Å². The molecule has 0 atom stereocenters. The van der Waals surface area contributed by atoms with E-state index < -0.39 is 24.9 Å². The summed E-state index contributed by atoms with van der Waals surface area (Å²) in [4.78, 5) is 11.3. The molecular weight excluding hydrogens is 242 g/mol. The van der Waals surface area contributed by atoms with Gasteiger partial charge in [-0.05, 0) is 24.6 Å². The van der Waals surface area contributed by atoms with Crippen molar-refractivity contribution in [2.75, 3.05) is 19.7 Å². The second-order valence-corrected chi connectivity index (χ2v) is 3.94. The van der Waals surface area contributed by atoms with Gasteiger partial charge >= 0.3 is 0 Å². The number of nitrogens with one attached hydrogen (secondary N) is 1. The van der Waals surface area contributed by atoms with Crippen LogP contribution in [0.1, 0.15) is 5.56 Å². The van der Waals surface area contributed by atoms with Gasteiger partial charge < -0.3 is 15.8 Å². The molecule has 100 valence electrons. The molecule has 0 aliphatic heterocycles. The van der Waals surface area contributed by atoms with E-state index in [4.69, 9.17) is 10.5 Å². The lowest BCUT2D eigenvalue weighted by Gasteiger charge is -2.14. The van der Waals surface area contributed by atoms with Crippen molar-refractivity contribution in [1.82, 2.24) is 5.32 Å². The third-order valence-corrected chi connectivity index (χ3v) is 2.20. The quantitative estimate of drug-likeness (QED) is 0.802. The Balaban J connectivity index is 2.34. The van der Waals surface area contributed by atoms with Crippen molar-refractivity contribution >= 4 is 5.91 Å². The monoisotopic (exact) mass is 258 g/mol. The van der Waals surface area contributed by atoms with Crippen molar-refractivity contribution in [3.05, 3.63) is 29.8 Å². The lowest BCUT2D eigenvalue weighted by atomic mass is 10.2. The molecule has 1 aromatic rings. The molecule has 0 aromatic heterocycles. The summed E-state index contributed by atoms with van der Waals surface area (Å²) >= 11 is 0. The first kappa shape index (κ1) is 14.4. The van der Waals surface area contributed by atoms with Crippen molar-refractivity contribution in [2.24, 2.45) is 5.73 Å². The van der Waals surface area contributed by atoms with Crippen LogP contribution in [-0.4, -0.2) is 31.5 Å². The zero-order valence-electron chi connectivity index (χ0n) is 10.1. The summed E-state index contributed by atoms with van der Waals surface area (Å²) < 4.78 is 30.7. The Morgan fingerprint density at radius 3 is 2.83 bits per heavy atom. The summed E-state index contributed by atoms with van der Waals surface area (Å²) in [7, 11) is 0. The van der Waals surface area contributed by atoms with E-state index in [1.165, 1.54) is 0 Å². The number of alkyl halides is 2. The normalized spacial score (nSPS) is 11.1. The molecule has 1 amide bonds. The molecule has 18 heavy (non-hydrogen) atoms. The Hall–Kier alpha value is -1.69. The maximum absolute atomic E-state index is 12.7. The van der Waals surface area contributed by atoms with Gasteiger partial charge in [-0.3, -0.25) is 4.79 Å². The fourth-order valence-corrected chi connectivity index (χ4v) is 1.21. The zero-order valence-corrected chi connectivity index (χ0v) is 10.1. The van der Waals surface area contributed by atoms with Crippen LogP contribution in [0.4, 0.5) is 8.78 Å². The molecule has 0 spiro atoms. The number of rotatable bonds is 6. The van der Waals surface area contributed by atoms with E-state index in [0.717, 1.165) is 5.56 Å². The second-order valence-electron chi connectivity index (χ2n) is 3.94. The van der Waals surface area contributed by atoms with E-state index in [-0.39, 0.29) is 6.61 Å². The second kappa shape index (κ2) is 6.30. The van der Waals surface area contributed by atoms with E-state index in [2.05, 4.69) is 5.32 Å². The largest absolute Gasteiger partial charge is 0.484 e. The van der Waals surface area contributed by atoms with Crippen LogP contribution in [0.5, 0.6) is 5.75 Å². The van der Waals surface area contributed by atoms with E-state index >= 15 is 0 Å². The molecule has 0 aliphatic carbocycles. The minimum atomic E-state index is -3.08. The predicted molar refractivity (Wildman–Crippen MR) is 63.7 cm³/mol. The van der Waals surface area contributed by atoms with Gasteiger partial charge in [0.2, 0.25) is 0 Å². The number of hydrogen-bond acceptors (Lipinski definition) is 3. The van der Waals surface area contributed by atoms with Crippen LogP contribution in [0, 0.1) is 6.92 Å². The topological polar surface area (TPSA) is 64.3 Å². The molecule has 6 heteroatoms. The lowest BCUT2D eigenvalue weighted by Crippen LogP contribution is -2.43. The van der Waals surface area contributed by atoms with Gasteiger partial charge in [-0.2, -0.15) is 0 Å². The van der Waals surface area contributed by atoms with Gasteiger partial charge in [0.1, 0.15) is 5.75 Å². The molecule has 0 radical (unpaired) electrons. The Morgan fingerprint density at radius 2 is 2.22 bits per heavy atom. The van der Waals surface area contributed by atoms with Crippen LogP contribution in [0.25, 0.3) is 0 Å². The highest BCUT2D eigenvalue weighted by Gasteiger charge is 2.27. The van der Waals surface area contributed by atoms with Gasteiger partial charge in [0.05, 0.1) is 13.1 Å². The lowest BCUT2D eigenvalue weighted by molar-refractivity contribution is -0.124. The third kappa shape index (κ3) is 5.09. The van der Waals surface area contributed by atoms with Crippen LogP contribution in [-0.2, 0) is 4.79 Å². The number of amides is 1. The van der Waals surface area contributed by atoms with Gasteiger partial charge in [-0.25, -0.2) is 8.78 Å². The molecule has 4 nitrogen and oxygen atoms in total. The molecule has 0 unspecified atom stereocenters. The Morgan fingerprint density at radius 1 is 1.50 bits per heavy atom. The maximum Gasteiger partial charge on any atom is 0.277 e. The van der Waals surface area contributed by atoms with Crippen LogP contribution in [0.2, 0.25) is 0 Å². The molecule has 0 saturated heterocycles. The molecule has 1 rings (SSSR count). The molecule has 0 saturated carbocycles. The molecular formula is C12H16F2N2O2. The van der Waals surface area contributed by atoms with Crippen molar-refractivity contribution in [2.45, 2.75) is 12.8 Å². The Labute approximate surface area is 104 Å². The number of halogens is 2. The van der Waals surface area contributed by atoms with Crippen molar-refractivity contribution < 1.29 is 18.3 Å². The minimum Gasteiger partial charge on any atom is -0.484 e. The first-order valence-corrected chi connectivity index (χ1v) is 5.47. The first-order chi connectivity index (χ1) is 8.43. The summed E-state index contributed by atoms with van der Waals surface area (Å²) in [5.74, 6) is -3.17. The predicted octanol–water partition coefficient (Wildman–Crippen LogP) is 1.08. The average molecular weight is 258 g/mol. The van der Waals surface area contributed by atoms with Crippen molar-refractivity contribution in [3.8, 4) is 5.75 Å². The smallest absolute Gasteiger partial charge is 0.277 e. The third-order valence-electron chi connectivity index (χ3n) is 2.20. The maximum atomic E-state index is 12.7. The number of carbonyl (C=O) groups is 1. The number of ether oxygens (including phenoxy) is 1. The summed E-state index contributed by atoms with van der Waals surface area (Å²) in [6.45, 7) is 0.00433. The number of nitrogens with two attached hydrogens (primary N) is 1. The van der Waals surface area contributed by atoms with Crippen molar-refractivity contribution in [1.29, 1.82) is 0 Å². The number of benzene rings is 1. The minimum absolute atomic E-state index is 0.301. The van der Waals surface area contributed by atoms with E-state index in [9.17, 15) is 13.6 Å². The fourth-order valence-electron chi connectivity index (χ4n) is 1.21. The Bertz CT molecular complexity index is 411. The van der Waals surface area contributed by atoms with Crippen molar-refractivity contribution in [3.63, 3.8) is 0 Å². The fraction of sp³-hybridized carbons (Fsp3) is 0.417. The van der Waals surface area contributed by atoms with Crippen LogP contribution in [0.3, 0.4) is 0 Å². The SMILES string of the molecule is Cc1cccc(OCC(=O)NCC(F)(F)CN)c1.